The lowest BCUT2D eigenvalue weighted by Crippen LogP contribution is -2.03. The maximum absolute atomic E-state index is 5.21. The first kappa shape index (κ1) is 13.4. The molecule has 0 radical (unpaired) electrons. The molecule has 21 heavy (non-hydrogen) atoms. The van der Waals surface area contributed by atoms with Crippen LogP contribution in [0.4, 0.5) is 10.8 Å². The van der Waals surface area contributed by atoms with Crippen LogP contribution in [0.2, 0.25) is 0 Å². The minimum Gasteiger partial charge on any atom is -0.477 e. The van der Waals surface area contributed by atoms with Crippen molar-refractivity contribution in [3.63, 3.8) is 0 Å². The first-order valence-electron chi connectivity index (χ1n) is 6.29. The number of nitrogens with one attached hydrogen (secondary N) is 1. The summed E-state index contributed by atoms with van der Waals surface area (Å²) >= 11 is 1.50. The van der Waals surface area contributed by atoms with Crippen molar-refractivity contribution >= 4 is 22.2 Å². The fourth-order valence-electron chi connectivity index (χ4n) is 1.77. The number of ether oxygens (including phenoxy) is 1. The van der Waals surface area contributed by atoms with Gasteiger partial charge in [0.25, 0.3) is 5.88 Å². The van der Waals surface area contributed by atoms with Crippen molar-refractivity contribution in [1.29, 1.82) is 0 Å². The molecule has 0 aliphatic carbocycles. The Morgan fingerprint density at radius 3 is 2.62 bits per heavy atom. The molecule has 0 aliphatic rings. The summed E-state index contributed by atoms with van der Waals surface area (Å²) in [5.74, 6) is 1.42. The van der Waals surface area contributed by atoms with Gasteiger partial charge in [0.05, 0.1) is 18.3 Å². The SMILES string of the molecule is COc1nnc(-c2ccccc2)nc1Nc1scnc1C. The lowest BCUT2D eigenvalue weighted by atomic mass is 10.2. The molecule has 0 unspecified atom stereocenters. The largest absolute Gasteiger partial charge is 0.477 e. The second-order valence-corrected chi connectivity index (χ2v) is 5.11. The zero-order valence-corrected chi connectivity index (χ0v) is 12.4. The van der Waals surface area contributed by atoms with E-state index in [-0.39, 0.29) is 0 Å². The fraction of sp³-hybridized carbons (Fsp3) is 0.143. The van der Waals surface area contributed by atoms with E-state index in [4.69, 9.17) is 4.74 Å². The maximum atomic E-state index is 5.21. The first-order valence-corrected chi connectivity index (χ1v) is 7.17. The fourth-order valence-corrected chi connectivity index (χ4v) is 2.47. The molecule has 2 heterocycles. The van der Waals surface area contributed by atoms with Crippen LogP contribution in [0.25, 0.3) is 11.4 Å². The third kappa shape index (κ3) is 2.82. The Morgan fingerprint density at radius 2 is 1.95 bits per heavy atom. The molecule has 6 nitrogen and oxygen atoms in total. The third-order valence-corrected chi connectivity index (χ3v) is 3.70. The molecule has 0 fully saturated rings. The number of aromatic nitrogens is 4. The van der Waals surface area contributed by atoms with Crippen LogP contribution in [0.5, 0.6) is 5.88 Å². The highest BCUT2D eigenvalue weighted by Crippen LogP contribution is 2.28. The Kier molecular flexibility index (Phi) is 3.74. The molecule has 0 atom stereocenters. The Morgan fingerprint density at radius 1 is 1.14 bits per heavy atom. The second kappa shape index (κ2) is 5.84. The van der Waals surface area contributed by atoms with Crippen LogP contribution in [0.3, 0.4) is 0 Å². The predicted octanol–water partition coefficient (Wildman–Crippen LogP) is 3.06. The van der Waals surface area contributed by atoms with Crippen LogP contribution in [0, 0.1) is 6.92 Å². The molecule has 3 rings (SSSR count). The van der Waals surface area contributed by atoms with E-state index in [1.165, 1.54) is 11.3 Å². The van der Waals surface area contributed by atoms with Crippen LogP contribution < -0.4 is 10.1 Å². The van der Waals surface area contributed by atoms with Crippen LogP contribution in [0.15, 0.2) is 35.8 Å². The van der Waals surface area contributed by atoms with Crippen LogP contribution in [0.1, 0.15) is 5.69 Å². The number of rotatable bonds is 4. The summed E-state index contributed by atoms with van der Waals surface area (Å²) in [6, 6.07) is 9.68. The Bertz CT molecular complexity index is 744. The minimum absolute atomic E-state index is 0.350. The van der Waals surface area contributed by atoms with Gasteiger partial charge in [-0.25, -0.2) is 9.97 Å². The van der Waals surface area contributed by atoms with Gasteiger partial charge < -0.3 is 10.1 Å². The number of thiazole rings is 1. The lowest BCUT2D eigenvalue weighted by Gasteiger charge is -2.09. The van der Waals surface area contributed by atoms with Gasteiger partial charge in [0, 0.05) is 5.56 Å². The molecule has 0 spiro atoms. The first-order chi connectivity index (χ1) is 10.3. The molecule has 0 amide bonds. The number of nitrogens with zero attached hydrogens (tertiary/aromatic N) is 4. The van der Waals surface area contributed by atoms with Crippen LogP contribution >= 0.6 is 11.3 Å². The van der Waals surface area contributed by atoms with E-state index in [9.17, 15) is 0 Å². The Labute approximate surface area is 125 Å². The zero-order valence-electron chi connectivity index (χ0n) is 11.6. The van der Waals surface area contributed by atoms with Crippen molar-refractivity contribution in [1.82, 2.24) is 20.2 Å². The minimum atomic E-state index is 0.350. The molecule has 0 bridgehead atoms. The van der Waals surface area contributed by atoms with Crippen molar-refractivity contribution in [3.8, 4) is 17.3 Å². The standard InChI is InChI=1S/C14H13N5OS/c1-9-14(21-8-15-9)17-12-13(20-2)19-18-11(16-12)10-6-4-3-5-7-10/h3-8H,1-2H3,(H,16,17,18). The molecule has 7 heteroatoms. The maximum Gasteiger partial charge on any atom is 0.276 e. The summed E-state index contributed by atoms with van der Waals surface area (Å²) in [5.41, 5.74) is 3.58. The van der Waals surface area contributed by atoms with Gasteiger partial charge in [0.1, 0.15) is 5.00 Å². The molecule has 2 aromatic heterocycles. The zero-order chi connectivity index (χ0) is 14.7. The number of hydrogen-bond donors (Lipinski definition) is 1. The number of anilines is 2. The van der Waals surface area contributed by atoms with E-state index in [0.717, 1.165) is 16.3 Å². The summed E-state index contributed by atoms with van der Waals surface area (Å²) in [6.07, 6.45) is 0. The second-order valence-electron chi connectivity index (χ2n) is 4.25. The summed E-state index contributed by atoms with van der Waals surface area (Å²) < 4.78 is 5.21. The molecule has 0 saturated heterocycles. The molecule has 1 aromatic carbocycles. The average Bonchev–Trinajstić information content (AvgIpc) is 2.93. The van der Waals surface area contributed by atoms with Crippen molar-refractivity contribution in [2.75, 3.05) is 12.4 Å². The van der Waals surface area contributed by atoms with E-state index in [0.29, 0.717) is 17.5 Å². The van der Waals surface area contributed by atoms with E-state index in [2.05, 4.69) is 25.5 Å². The van der Waals surface area contributed by atoms with Gasteiger partial charge in [-0.05, 0) is 6.92 Å². The van der Waals surface area contributed by atoms with Gasteiger partial charge in [-0.3, -0.25) is 0 Å². The van der Waals surface area contributed by atoms with Gasteiger partial charge in [-0.1, -0.05) is 30.3 Å². The molecule has 0 aliphatic heterocycles. The van der Waals surface area contributed by atoms with E-state index >= 15 is 0 Å². The van der Waals surface area contributed by atoms with Crippen molar-refractivity contribution in [3.05, 3.63) is 41.5 Å². The smallest absolute Gasteiger partial charge is 0.276 e. The lowest BCUT2D eigenvalue weighted by molar-refractivity contribution is 0.392. The number of benzene rings is 1. The van der Waals surface area contributed by atoms with Gasteiger partial charge in [0.2, 0.25) is 0 Å². The normalized spacial score (nSPS) is 10.4. The van der Waals surface area contributed by atoms with Gasteiger partial charge in [0.15, 0.2) is 11.6 Å². The highest BCUT2D eigenvalue weighted by Gasteiger charge is 2.13. The van der Waals surface area contributed by atoms with Gasteiger partial charge in [-0.2, -0.15) is 0 Å². The van der Waals surface area contributed by atoms with Crippen LogP contribution in [-0.4, -0.2) is 27.3 Å². The highest BCUT2D eigenvalue weighted by atomic mass is 32.1. The average molecular weight is 299 g/mol. The van der Waals surface area contributed by atoms with E-state index in [1.54, 1.807) is 12.6 Å². The van der Waals surface area contributed by atoms with Gasteiger partial charge >= 0.3 is 0 Å². The number of aryl methyl sites for hydroxylation is 1. The summed E-state index contributed by atoms with van der Waals surface area (Å²) in [6.45, 7) is 1.93. The Balaban J connectivity index is 2.00. The Hall–Kier alpha value is -2.54. The molecule has 0 saturated carbocycles. The van der Waals surface area contributed by atoms with Gasteiger partial charge in [-0.15, -0.1) is 21.5 Å². The molecule has 106 valence electrons. The monoisotopic (exact) mass is 299 g/mol. The molecular weight excluding hydrogens is 286 g/mol. The summed E-state index contributed by atoms with van der Waals surface area (Å²) in [7, 11) is 1.54. The van der Waals surface area contributed by atoms with Crippen molar-refractivity contribution in [2.24, 2.45) is 0 Å². The molecule has 3 aromatic rings. The quantitative estimate of drug-likeness (QED) is 0.798. The predicted molar refractivity (Wildman–Crippen MR) is 81.9 cm³/mol. The van der Waals surface area contributed by atoms with Crippen molar-refractivity contribution < 1.29 is 4.74 Å². The van der Waals surface area contributed by atoms with Crippen molar-refractivity contribution in [2.45, 2.75) is 6.92 Å². The molecular formula is C14H13N5OS. The number of hydrogen-bond acceptors (Lipinski definition) is 7. The topological polar surface area (TPSA) is 72.8 Å². The number of methoxy groups -OCH3 is 1. The van der Waals surface area contributed by atoms with E-state index in [1.807, 2.05) is 37.3 Å². The summed E-state index contributed by atoms with van der Waals surface area (Å²) in [5, 5.41) is 12.3. The van der Waals surface area contributed by atoms with E-state index < -0.39 is 0 Å². The molecule has 1 N–H and O–H groups in total. The van der Waals surface area contributed by atoms with Crippen LogP contribution in [-0.2, 0) is 0 Å². The summed E-state index contributed by atoms with van der Waals surface area (Å²) in [4.78, 5) is 8.70. The highest BCUT2D eigenvalue weighted by molar-refractivity contribution is 7.14. The third-order valence-electron chi connectivity index (χ3n) is 2.86.